The van der Waals surface area contributed by atoms with E-state index in [9.17, 15) is 0 Å². The van der Waals surface area contributed by atoms with Gasteiger partial charge in [0.25, 0.3) is 0 Å². The number of anilines is 1. The zero-order chi connectivity index (χ0) is 13.8. The third-order valence-corrected chi connectivity index (χ3v) is 5.06. The van der Waals surface area contributed by atoms with E-state index in [-0.39, 0.29) is 0 Å². The van der Waals surface area contributed by atoms with Crippen LogP contribution in [0.1, 0.15) is 33.1 Å². The fourth-order valence-electron chi connectivity index (χ4n) is 2.80. The maximum Gasteiger partial charge on any atom is 0.0657 e. The molecule has 4 heteroatoms. The first-order chi connectivity index (χ1) is 9.13. The number of hydrogen-bond acceptors (Lipinski definition) is 2. The van der Waals surface area contributed by atoms with Gasteiger partial charge in [0.15, 0.2) is 0 Å². The molecule has 1 aromatic rings. The van der Waals surface area contributed by atoms with Crippen LogP contribution in [0.4, 0.5) is 5.69 Å². The number of rotatable bonds is 4. The Bertz CT molecular complexity index is 402. The Morgan fingerprint density at radius 1 is 1.32 bits per heavy atom. The van der Waals surface area contributed by atoms with Crippen molar-refractivity contribution in [2.24, 2.45) is 0 Å². The van der Waals surface area contributed by atoms with Crippen molar-refractivity contribution in [1.29, 1.82) is 0 Å². The van der Waals surface area contributed by atoms with Gasteiger partial charge in [0, 0.05) is 27.6 Å². The zero-order valence-electron chi connectivity index (χ0n) is 11.6. The Kier molecular flexibility index (Phi) is 5.72. The van der Waals surface area contributed by atoms with Crippen LogP contribution >= 0.6 is 31.9 Å². The van der Waals surface area contributed by atoms with Gasteiger partial charge in [-0.25, -0.2) is 0 Å². The summed E-state index contributed by atoms with van der Waals surface area (Å²) in [5, 5.41) is 3.65. The minimum absolute atomic E-state index is 0.568. The molecule has 1 N–H and O–H groups in total. The summed E-state index contributed by atoms with van der Waals surface area (Å²) in [7, 11) is 0. The summed E-state index contributed by atoms with van der Waals surface area (Å²) in [4.78, 5) is 2.51. The minimum atomic E-state index is 0.568. The molecule has 1 aromatic carbocycles. The maximum atomic E-state index is 3.68. The van der Waals surface area contributed by atoms with Crippen LogP contribution in [0.3, 0.4) is 0 Å². The molecule has 1 saturated heterocycles. The average Bonchev–Trinajstić information content (AvgIpc) is 2.38. The normalized spacial score (nSPS) is 23.7. The van der Waals surface area contributed by atoms with E-state index in [1.165, 1.54) is 33.9 Å². The van der Waals surface area contributed by atoms with Crippen LogP contribution in [0, 0.1) is 0 Å². The Labute approximate surface area is 133 Å². The number of benzene rings is 1. The number of nitrogens with one attached hydrogen (secondary N) is 1. The quantitative estimate of drug-likeness (QED) is 0.811. The van der Waals surface area contributed by atoms with E-state index >= 15 is 0 Å². The molecule has 106 valence electrons. The number of hydrogen-bond donors (Lipinski definition) is 1. The smallest absolute Gasteiger partial charge is 0.0657 e. The summed E-state index contributed by atoms with van der Waals surface area (Å²) in [6.45, 7) is 6.80. The number of halogens is 2. The van der Waals surface area contributed by atoms with Crippen LogP contribution in [0.5, 0.6) is 0 Å². The number of nitrogens with zero attached hydrogens (tertiary/aromatic N) is 1. The maximum absolute atomic E-state index is 3.68. The summed E-state index contributed by atoms with van der Waals surface area (Å²) in [6.07, 6.45) is 3.65. The second-order valence-electron chi connectivity index (χ2n) is 5.29. The SMILES string of the molecule is CCCNC1CCN(c2c(Br)cccc2Br)C(C)C1. The van der Waals surface area contributed by atoms with Crippen LogP contribution in [-0.2, 0) is 0 Å². The topological polar surface area (TPSA) is 15.3 Å². The van der Waals surface area contributed by atoms with Gasteiger partial charge >= 0.3 is 0 Å². The van der Waals surface area contributed by atoms with Crippen molar-refractivity contribution in [2.45, 2.75) is 45.2 Å². The Balaban J connectivity index is 2.07. The number of piperidine rings is 1. The summed E-state index contributed by atoms with van der Waals surface area (Å²) < 4.78 is 2.35. The second-order valence-corrected chi connectivity index (χ2v) is 7.00. The molecule has 0 spiro atoms. The lowest BCUT2D eigenvalue weighted by Crippen LogP contribution is -2.48. The number of para-hydroxylation sites is 1. The molecule has 1 heterocycles. The highest BCUT2D eigenvalue weighted by Gasteiger charge is 2.27. The highest BCUT2D eigenvalue weighted by atomic mass is 79.9. The first kappa shape index (κ1) is 15.3. The van der Waals surface area contributed by atoms with E-state index in [0.29, 0.717) is 12.1 Å². The van der Waals surface area contributed by atoms with Gasteiger partial charge in [0.2, 0.25) is 0 Å². The molecule has 2 atom stereocenters. The summed E-state index contributed by atoms with van der Waals surface area (Å²) in [6, 6.07) is 7.55. The van der Waals surface area contributed by atoms with Gasteiger partial charge in [-0.15, -0.1) is 0 Å². The molecule has 0 aliphatic carbocycles. The van der Waals surface area contributed by atoms with E-state index in [0.717, 1.165) is 13.1 Å². The Morgan fingerprint density at radius 3 is 2.58 bits per heavy atom. The van der Waals surface area contributed by atoms with Gasteiger partial charge < -0.3 is 10.2 Å². The molecular weight excluding hydrogens is 368 g/mol. The zero-order valence-corrected chi connectivity index (χ0v) is 14.8. The van der Waals surface area contributed by atoms with Crippen molar-refractivity contribution in [3.8, 4) is 0 Å². The van der Waals surface area contributed by atoms with Gasteiger partial charge in [0.05, 0.1) is 5.69 Å². The lowest BCUT2D eigenvalue weighted by Gasteiger charge is -2.40. The van der Waals surface area contributed by atoms with Crippen molar-refractivity contribution in [1.82, 2.24) is 5.32 Å². The lowest BCUT2D eigenvalue weighted by atomic mass is 9.97. The molecule has 1 fully saturated rings. The van der Waals surface area contributed by atoms with E-state index in [1.54, 1.807) is 0 Å². The van der Waals surface area contributed by atoms with Gasteiger partial charge in [-0.3, -0.25) is 0 Å². The average molecular weight is 390 g/mol. The molecule has 1 aliphatic rings. The fraction of sp³-hybridized carbons (Fsp3) is 0.600. The fourth-order valence-corrected chi connectivity index (χ4v) is 4.26. The van der Waals surface area contributed by atoms with Crippen LogP contribution in [0.15, 0.2) is 27.1 Å². The molecule has 2 rings (SSSR count). The predicted molar refractivity (Wildman–Crippen MR) is 90.0 cm³/mol. The van der Waals surface area contributed by atoms with Crippen molar-refractivity contribution in [3.63, 3.8) is 0 Å². The molecule has 2 unspecified atom stereocenters. The summed E-state index contributed by atoms with van der Waals surface area (Å²) >= 11 is 7.36. The monoisotopic (exact) mass is 388 g/mol. The predicted octanol–water partition coefficient (Wildman–Crippen LogP) is 4.57. The van der Waals surface area contributed by atoms with Crippen LogP contribution in [0.2, 0.25) is 0 Å². The van der Waals surface area contributed by atoms with Gasteiger partial charge in [0.1, 0.15) is 0 Å². The van der Waals surface area contributed by atoms with Crippen LogP contribution in [-0.4, -0.2) is 25.2 Å². The molecule has 1 aliphatic heterocycles. The van der Waals surface area contributed by atoms with E-state index in [4.69, 9.17) is 0 Å². The first-order valence-corrected chi connectivity index (χ1v) is 8.66. The van der Waals surface area contributed by atoms with E-state index in [2.05, 4.69) is 74.1 Å². The molecule has 0 bridgehead atoms. The van der Waals surface area contributed by atoms with Crippen molar-refractivity contribution < 1.29 is 0 Å². The molecule has 2 nitrogen and oxygen atoms in total. The van der Waals surface area contributed by atoms with Crippen LogP contribution in [0.25, 0.3) is 0 Å². The molecule has 0 saturated carbocycles. The minimum Gasteiger partial charge on any atom is -0.367 e. The summed E-state index contributed by atoms with van der Waals surface area (Å²) in [5.74, 6) is 0. The van der Waals surface area contributed by atoms with Crippen molar-refractivity contribution in [2.75, 3.05) is 18.0 Å². The van der Waals surface area contributed by atoms with Gasteiger partial charge in [-0.2, -0.15) is 0 Å². The third kappa shape index (κ3) is 3.73. The molecule has 0 aromatic heterocycles. The second kappa shape index (κ2) is 7.09. The van der Waals surface area contributed by atoms with Crippen molar-refractivity contribution in [3.05, 3.63) is 27.1 Å². The summed E-state index contributed by atoms with van der Waals surface area (Å²) in [5.41, 5.74) is 1.30. The van der Waals surface area contributed by atoms with E-state index in [1.807, 2.05) is 0 Å². The van der Waals surface area contributed by atoms with Gasteiger partial charge in [-0.1, -0.05) is 13.0 Å². The largest absolute Gasteiger partial charge is 0.367 e. The molecule has 0 radical (unpaired) electrons. The van der Waals surface area contributed by atoms with Gasteiger partial charge in [-0.05, 0) is 76.7 Å². The van der Waals surface area contributed by atoms with E-state index < -0.39 is 0 Å². The highest BCUT2D eigenvalue weighted by molar-refractivity contribution is 9.11. The Morgan fingerprint density at radius 2 is 2.00 bits per heavy atom. The van der Waals surface area contributed by atoms with Crippen molar-refractivity contribution >= 4 is 37.5 Å². The first-order valence-electron chi connectivity index (χ1n) is 7.07. The third-order valence-electron chi connectivity index (χ3n) is 3.78. The standard InChI is InChI=1S/C15H22Br2N2/c1-3-8-18-12-7-9-19(11(2)10-12)15-13(16)5-4-6-14(15)17/h4-6,11-12,18H,3,7-10H2,1-2H3. The van der Waals surface area contributed by atoms with Crippen LogP contribution < -0.4 is 10.2 Å². The highest BCUT2D eigenvalue weighted by Crippen LogP contribution is 2.37. The Hall–Kier alpha value is -0.0600. The molecule has 19 heavy (non-hydrogen) atoms. The molecule has 0 amide bonds. The lowest BCUT2D eigenvalue weighted by molar-refractivity contribution is 0.368. The molecular formula is C15H22Br2N2.